The first-order valence-corrected chi connectivity index (χ1v) is 8.70. The van der Waals surface area contributed by atoms with E-state index in [0.29, 0.717) is 5.54 Å². The van der Waals surface area contributed by atoms with Gasteiger partial charge in [-0.25, -0.2) is 0 Å². The van der Waals surface area contributed by atoms with Gasteiger partial charge in [-0.05, 0) is 59.8 Å². The van der Waals surface area contributed by atoms with Crippen molar-refractivity contribution < 1.29 is 0 Å². The number of hydrogen-bond acceptors (Lipinski definition) is 3. The van der Waals surface area contributed by atoms with Crippen LogP contribution in [0.5, 0.6) is 0 Å². The van der Waals surface area contributed by atoms with Crippen LogP contribution in [0.1, 0.15) is 59.8 Å². The maximum Gasteiger partial charge on any atom is 0.0212 e. The van der Waals surface area contributed by atoms with E-state index in [1.807, 2.05) is 0 Å². The van der Waals surface area contributed by atoms with E-state index in [1.54, 1.807) is 0 Å². The van der Waals surface area contributed by atoms with Gasteiger partial charge in [0.25, 0.3) is 0 Å². The third-order valence-electron chi connectivity index (χ3n) is 5.55. The van der Waals surface area contributed by atoms with Gasteiger partial charge in [0.05, 0.1) is 0 Å². The fourth-order valence-electron chi connectivity index (χ4n) is 4.14. The Kier molecular flexibility index (Phi) is 4.13. The van der Waals surface area contributed by atoms with Gasteiger partial charge in [0.2, 0.25) is 0 Å². The summed E-state index contributed by atoms with van der Waals surface area (Å²) in [5.41, 5.74) is 0.343. The third kappa shape index (κ3) is 3.37. The third-order valence-corrected chi connectivity index (χ3v) is 5.55. The molecule has 3 nitrogen and oxygen atoms in total. The van der Waals surface area contributed by atoms with Crippen LogP contribution < -0.4 is 5.32 Å². The van der Waals surface area contributed by atoms with Gasteiger partial charge in [0.1, 0.15) is 0 Å². The van der Waals surface area contributed by atoms with Crippen molar-refractivity contribution in [3.05, 3.63) is 0 Å². The lowest BCUT2D eigenvalue weighted by molar-refractivity contribution is 0.0938. The Morgan fingerprint density at radius 3 is 2.15 bits per heavy atom. The number of piperidine rings is 1. The highest BCUT2D eigenvalue weighted by atomic mass is 15.3. The van der Waals surface area contributed by atoms with Gasteiger partial charge in [-0.15, -0.1) is 0 Å². The van der Waals surface area contributed by atoms with Crippen LogP contribution in [0.4, 0.5) is 0 Å². The van der Waals surface area contributed by atoms with Crippen LogP contribution in [0.15, 0.2) is 0 Å². The minimum absolute atomic E-state index is 0.343. The standard InChI is InChI=1S/C17H33N3/c1-13-11-15(12-20(13)16-5-6-16)18-14-7-9-19(10-8-14)17(2,3)4/h13-16,18H,5-12H2,1-4H3. The molecule has 0 bridgehead atoms. The van der Waals surface area contributed by atoms with Gasteiger partial charge < -0.3 is 5.32 Å². The fraction of sp³-hybridized carbons (Fsp3) is 1.00. The second kappa shape index (κ2) is 5.58. The first-order chi connectivity index (χ1) is 9.43. The molecule has 1 saturated carbocycles. The smallest absolute Gasteiger partial charge is 0.0212 e. The molecule has 0 aromatic rings. The number of nitrogens with zero attached hydrogens (tertiary/aromatic N) is 2. The number of hydrogen-bond donors (Lipinski definition) is 1. The molecule has 0 radical (unpaired) electrons. The zero-order valence-corrected chi connectivity index (χ0v) is 13.9. The molecule has 3 aliphatic rings. The maximum atomic E-state index is 3.96. The van der Waals surface area contributed by atoms with Crippen molar-refractivity contribution >= 4 is 0 Å². The molecule has 1 N–H and O–H groups in total. The topological polar surface area (TPSA) is 18.5 Å². The second-order valence-electron chi connectivity index (χ2n) is 8.31. The summed E-state index contributed by atoms with van der Waals surface area (Å²) < 4.78 is 0. The monoisotopic (exact) mass is 279 g/mol. The van der Waals surface area contributed by atoms with Crippen LogP contribution in [0.25, 0.3) is 0 Å². The molecule has 2 heterocycles. The Hall–Kier alpha value is -0.120. The van der Waals surface area contributed by atoms with Gasteiger partial charge in [-0.2, -0.15) is 0 Å². The summed E-state index contributed by atoms with van der Waals surface area (Å²) in [6.45, 7) is 13.3. The van der Waals surface area contributed by atoms with Crippen molar-refractivity contribution in [1.29, 1.82) is 0 Å². The van der Waals surface area contributed by atoms with Crippen molar-refractivity contribution in [2.75, 3.05) is 19.6 Å². The van der Waals surface area contributed by atoms with Crippen molar-refractivity contribution in [3.8, 4) is 0 Å². The van der Waals surface area contributed by atoms with E-state index in [0.717, 1.165) is 24.2 Å². The predicted octanol–water partition coefficient (Wildman–Crippen LogP) is 2.46. The Bertz CT molecular complexity index is 324. The van der Waals surface area contributed by atoms with Gasteiger partial charge in [0, 0.05) is 49.3 Å². The average molecular weight is 279 g/mol. The van der Waals surface area contributed by atoms with Crippen molar-refractivity contribution in [1.82, 2.24) is 15.1 Å². The first kappa shape index (κ1) is 14.8. The summed E-state index contributed by atoms with van der Waals surface area (Å²) in [5, 5.41) is 3.96. The molecule has 2 unspecified atom stereocenters. The van der Waals surface area contributed by atoms with Crippen LogP contribution in [0.3, 0.4) is 0 Å². The maximum absolute atomic E-state index is 3.96. The summed E-state index contributed by atoms with van der Waals surface area (Å²) in [6.07, 6.45) is 6.90. The molecule has 2 aliphatic heterocycles. The zero-order valence-electron chi connectivity index (χ0n) is 13.9. The SMILES string of the molecule is CC1CC(NC2CCN(C(C)(C)C)CC2)CN1C1CC1. The predicted molar refractivity (Wildman–Crippen MR) is 85.1 cm³/mol. The van der Waals surface area contributed by atoms with Gasteiger partial charge in [-0.1, -0.05) is 0 Å². The first-order valence-electron chi connectivity index (χ1n) is 8.70. The summed E-state index contributed by atoms with van der Waals surface area (Å²) in [5.74, 6) is 0. The van der Waals surface area contributed by atoms with Crippen LogP contribution in [0.2, 0.25) is 0 Å². The zero-order chi connectivity index (χ0) is 14.3. The molecule has 3 fully saturated rings. The normalized spacial score (nSPS) is 34.8. The molecule has 2 atom stereocenters. The Balaban J connectivity index is 1.44. The molecular formula is C17H33N3. The fourth-order valence-corrected chi connectivity index (χ4v) is 4.14. The van der Waals surface area contributed by atoms with Crippen molar-refractivity contribution in [2.45, 2.75) is 89.5 Å². The molecule has 3 rings (SSSR count). The molecule has 2 saturated heterocycles. The summed E-state index contributed by atoms with van der Waals surface area (Å²) >= 11 is 0. The lowest BCUT2D eigenvalue weighted by Gasteiger charge is -2.41. The molecule has 0 aromatic heterocycles. The van der Waals surface area contributed by atoms with Crippen LogP contribution in [0, 0.1) is 0 Å². The van der Waals surface area contributed by atoms with Gasteiger partial charge in [-0.3, -0.25) is 9.80 Å². The van der Waals surface area contributed by atoms with E-state index >= 15 is 0 Å². The van der Waals surface area contributed by atoms with E-state index in [9.17, 15) is 0 Å². The summed E-state index contributed by atoms with van der Waals surface area (Å²) in [4.78, 5) is 5.39. The van der Waals surface area contributed by atoms with Gasteiger partial charge in [0.15, 0.2) is 0 Å². The Morgan fingerprint density at radius 1 is 0.950 bits per heavy atom. The lowest BCUT2D eigenvalue weighted by atomic mass is 9.97. The lowest BCUT2D eigenvalue weighted by Crippen LogP contribution is -2.51. The molecule has 3 heteroatoms. The Labute approximate surface area is 125 Å². The van der Waals surface area contributed by atoms with E-state index < -0.39 is 0 Å². The minimum atomic E-state index is 0.343. The van der Waals surface area contributed by atoms with E-state index in [-0.39, 0.29) is 0 Å². The highest BCUT2D eigenvalue weighted by Gasteiger charge is 2.39. The Morgan fingerprint density at radius 2 is 1.60 bits per heavy atom. The number of likely N-dealkylation sites (tertiary alicyclic amines) is 2. The molecule has 0 spiro atoms. The molecule has 1 aliphatic carbocycles. The van der Waals surface area contributed by atoms with E-state index in [4.69, 9.17) is 0 Å². The van der Waals surface area contributed by atoms with E-state index in [1.165, 1.54) is 51.7 Å². The molecule has 20 heavy (non-hydrogen) atoms. The summed E-state index contributed by atoms with van der Waals surface area (Å²) in [6, 6.07) is 3.23. The highest BCUT2D eigenvalue weighted by molar-refractivity contribution is 4.97. The average Bonchev–Trinajstić information content (AvgIpc) is 3.14. The molecule has 0 amide bonds. The molecule has 116 valence electrons. The largest absolute Gasteiger partial charge is 0.310 e. The quantitative estimate of drug-likeness (QED) is 0.856. The highest BCUT2D eigenvalue weighted by Crippen LogP contribution is 2.33. The molecular weight excluding hydrogens is 246 g/mol. The molecule has 0 aromatic carbocycles. The van der Waals surface area contributed by atoms with E-state index in [2.05, 4.69) is 42.8 Å². The number of rotatable bonds is 3. The van der Waals surface area contributed by atoms with Gasteiger partial charge >= 0.3 is 0 Å². The number of nitrogens with one attached hydrogen (secondary N) is 1. The van der Waals surface area contributed by atoms with Crippen LogP contribution in [-0.2, 0) is 0 Å². The van der Waals surface area contributed by atoms with Crippen LogP contribution >= 0.6 is 0 Å². The van der Waals surface area contributed by atoms with Crippen molar-refractivity contribution in [3.63, 3.8) is 0 Å². The van der Waals surface area contributed by atoms with Crippen LogP contribution in [-0.4, -0.2) is 59.1 Å². The minimum Gasteiger partial charge on any atom is -0.310 e. The second-order valence-corrected chi connectivity index (χ2v) is 8.31. The van der Waals surface area contributed by atoms with Crippen molar-refractivity contribution in [2.24, 2.45) is 0 Å². The summed E-state index contributed by atoms with van der Waals surface area (Å²) in [7, 11) is 0.